The van der Waals surface area contributed by atoms with E-state index in [2.05, 4.69) is 21.3 Å². The third-order valence-corrected chi connectivity index (χ3v) is 8.53. The molecule has 0 bridgehead atoms. The minimum atomic E-state index is -4.82. The van der Waals surface area contributed by atoms with Crippen molar-refractivity contribution < 1.29 is 32.3 Å². The van der Waals surface area contributed by atoms with Gasteiger partial charge >= 0.3 is 12.2 Å². The van der Waals surface area contributed by atoms with Crippen LogP contribution in [0.5, 0.6) is 0 Å². The van der Waals surface area contributed by atoms with Crippen LogP contribution in [0.15, 0.2) is 24.3 Å². The van der Waals surface area contributed by atoms with Crippen LogP contribution < -0.4 is 32.7 Å². The fourth-order valence-corrected chi connectivity index (χ4v) is 5.50. The molecule has 0 saturated carbocycles. The number of alkyl halides is 3. The monoisotopic (exact) mass is 632 g/mol. The highest BCUT2D eigenvalue weighted by Crippen LogP contribution is 2.32. The first kappa shape index (κ1) is 36.6. The molecule has 14 heteroatoms. The Kier molecular flexibility index (Phi) is 13.2. The van der Waals surface area contributed by atoms with E-state index < -0.39 is 22.9 Å². The minimum absolute atomic E-state index is 0.00491. The Bertz CT molecular complexity index is 1090. The summed E-state index contributed by atoms with van der Waals surface area (Å²) in [4.78, 5) is 35.1. The summed E-state index contributed by atoms with van der Waals surface area (Å²) in [6.45, 7) is 9.95. The standard InChI is InChI=1S/C24H39F3N4O3.C5H8N2OS/c1-6-7-11-19(32)31-16-22(4,5)34-13-12-21(2,3)20(33)30-15-17-9-8-10-18(14-17)23(28,29)24(25,26)27;8-5-6-3-1-9-2-4(3)7-5/h8-10,14H,6-7,11-13,15-16,28-29H2,1-5H3,(H,30,33)(H,31,32);3-4H,1-2H2,(H2,6,7,8). The van der Waals surface area contributed by atoms with E-state index in [1.54, 1.807) is 19.9 Å². The Balaban J connectivity index is 0.000000597. The molecule has 8 N–H and O–H groups in total. The van der Waals surface area contributed by atoms with E-state index in [0.29, 0.717) is 43.6 Å². The van der Waals surface area contributed by atoms with E-state index in [-0.39, 0.29) is 30.0 Å². The maximum absolute atomic E-state index is 13.1. The van der Waals surface area contributed by atoms with E-state index >= 15 is 0 Å². The fourth-order valence-electron chi connectivity index (χ4n) is 4.23. The number of nitrogens with two attached hydrogens (primary N) is 2. The molecule has 244 valence electrons. The second-order valence-electron chi connectivity index (χ2n) is 12.2. The molecule has 1 aromatic carbocycles. The Labute approximate surface area is 256 Å². The number of amides is 4. The predicted molar refractivity (Wildman–Crippen MR) is 162 cm³/mol. The summed E-state index contributed by atoms with van der Waals surface area (Å²) in [5.41, 5.74) is 6.38. The molecule has 3 rings (SSSR count). The lowest BCUT2D eigenvalue weighted by molar-refractivity contribution is -0.188. The zero-order chi connectivity index (χ0) is 32.5. The first-order chi connectivity index (χ1) is 19.9. The Morgan fingerprint density at radius 2 is 1.70 bits per heavy atom. The van der Waals surface area contributed by atoms with Gasteiger partial charge in [0.2, 0.25) is 11.8 Å². The van der Waals surface area contributed by atoms with Gasteiger partial charge < -0.3 is 37.5 Å². The van der Waals surface area contributed by atoms with Gasteiger partial charge in [-0.1, -0.05) is 51.5 Å². The largest absolute Gasteiger partial charge is 0.423 e. The minimum Gasteiger partial charge on any atom is -0.374 e. The van der Waals surface area contributed by atoms with Crippen molar-refractivity contribution in [2.45, 2.75) is 96.4 Å². The molecule has 1 aromatic rings. The van der Waals surface area contributed by atoms with Crippen LogP contribution in [0.2, 0.25) is 0 Å². The molecule has 2 heterocycles. The van der Waals surface area contributed by atoms with Gasteiger partial charge in [-0.05, 0) is 37.8 Å². The van der Waals surface area contributed by atoms with Crippen molar-refractivity contribution in [1.29, 1.82) is 0 Å². The highest BCUT2D eigenvalue weighted by atomic mass is 32.2. The van der Waals surface area contributed by atoms with E-state index in [1.165, 1.54) is 18.2 Å². The Hall–Kier alpha value is -2.55. The van der Waals surface area contributed by atoms with Crippen LogP contribution in [0.25, 0.3) is 0 Å². The second-order valence-corrected chi connectivity index (χ2v) is 13.3. The lowest BCUT2D eigenvalue weighted by atomic mass is 9.88. The molecule has 10 nitrogen and oxygen atoms in total. The zero-order valence-corrected chi connectivity index (χ0v) is 26.5. The first-order valence-corrected chi connectivity index (χ1v) is 15.6. The van der Waals surface area contributed by atoms with Gasteiger partial charge in [-0.2, -0.15) is 24.9 Å². The first-order valence-electron chi connectivity index (χ1n) is 14.5. The van der Waals surface area contributed by atoms with Gasteiger partial charge in [0.25, 0.3) is 0 Å². The molecule has 2 saturated heterocycles. The lowest BCUT2D eigenvalue weighted by Crippen LogP contribution is -2.57. The lowest BCUT2D eigenvalue weighted by Gasteiger charge is -2.29. The summed E-state index contributed by atoms with van der Waals surface area (Å²) >= 11 is 1.89. The molecule has 0 spiro atoms. The number of unbranched alkanes of at least 4 members (excludes halogenated alkanes) is 1. The van der Waals surface area contributed by atoms with E-state index in [4.69, 9.17) is 16.2 Å². The molecular weight excluding hydrogens is 585 g/mol. The van der Waals surface area contributed by atoms with Crippen LogP contribution in [-0.2, 0) is 26.5 Å². The number of rotatable bonds is 13. The average Bonchev–Trinajstić information content (AvgIpc) is 3.50. The molecule has 0 aliphatic carbocycles. The van der Waals surface area contributed by atoms with Crippen LogP contribution in [0.3, 0.4) is 0 Å². The molecule has 2 aliphatic rings. The molecule has 0 aromatic heterocycles. The van der Waals surface area contributed by atoms with Crippen molar-refractivity contribution in [3.05, 3.63) is 35.4 Å². The van der Waals surface area contributed by atoms with Crippen LogP contribution >= 0.6 is 11.8 Å². The van der Waals surface area contributed by atoms with Crippen LogP contribution in [0.1, 0.15) is 71.4 Å². The van der Waals surface area contributed by atoms with E-state index in [1.807, 2.05) is 32.5 Å². The van der Waals surface area contributed by atoms with Gasteiger partial charge in [0.15, 0.2) is 5.66 Å². The number of carbonyl (C=O) groups excluding carboxylic acids is 3. The molecule has 2 unspecified atom stereocenters. The number of carbonyl (C=O) groups is 3. The summed E-state index contributed by atoms with van der Waals surface area (Å²) in [5.74, 6) is 1.86. The number of benzene rings is 1. The van der Waals surface area contributed by atoms with Crippen LogP contribution in [0, 0.1) is 5.41 Å². The van der Waals surface area contributed by atoms with Gasteiger partial charge in [-0.3, -0.25) is 9.59 Å². The van der Waals surface area contributed by atoms with Crippen LogP contribution in [-0.4, -0.2) is 66.4 Å². The summed E-state index contributed by atoms with van der Waals surface area (Å²) in [5, 5.41) is 11.3. The smallest absolute Gasteiger partial charge is 0.374 e. The quantitative estimate of drug-likeness (QED) is 0.144. The maximum Gasteiger partial charge on any atom is 0.423 e. The molecule has 2 aliphatic heterocycles. The fraction of sp³-hybridized carbons (Fsp3) is 0.690. The number of urea groups is 1. The highest BCUT2D eigenvalue weighted by Gasteiger charge is 2.50. The molecule has 4 amide bonds. The SMILES string of the molecule is CCCCC(=O)NCC(C)(C)OCCC(C)(C)C(=O)NCc1cccc(C(N)(N)C(F)(F)F)c1.O=C1NC2CSCC2N1. The second kappa shape index (κ2) is 15.4. The predicted octanol–water partition coefficient (Wildman–Crippen LogP) is 3.24. The molecule has 2 atom stereocenters. The number of hydrogen-bond acceptors (Lipinski definition) is 7. The topological polar surface area (TPSA) is 161 Å². The molecule has 0 radical (unpaired) electrons. The summed E-state index contributed by atoms with van der Waals surface area (Å²) in [7, 11) is 0. The van der Waals surface area contributed by atoms with Crippen molar-refractivity contribution in [2.75, 3.05) is 24.7 Å². The van der Waals surface area contributed by atoms with Gasteiger partial charge in [0.05, 0.1) is 17.7 Å². The van der Waals surface area contributed by atoms with Crippen molar-refractivity contribution in [1.82, 2.24) is 21.3 Å². The van der Waals surface area contributed by atoms with E-state index in [9.17, 15) is 27.6 Å². The van der Waals surface area contributed by atoms with Crippen molar-refractivity contribution in [2.24, 2.45) is 16.9 Å². The Morgan fingerprint density at radius 1 is 1.07 bits per heavy atom. The third-order valence-electron chi connectivity index (χ3n) is 7.34. The van der Waals surface area contributed by atoms with Crippen molar-refractivity contribution in [3.8, 4) is 0 Å². The number of hydrogen-bond donors (Lipinski definition) is 6. The van der Waals surface area contributed by atoms with Crippen molar-refractivity contribution in [3.63, 3.8) is 0 Å². The Morgan fingerprint density at radius 3 is 2.28 bits per heavy atom. The number of halogens is 3. The van der Waals surface area contributed by atoms with E-state index in [0.717, 1.165) is 24.3 Å². The summed E-state index contributed by atoms with van der Waals surface area (Å²) < 4.78 is 45.2. The maximum atomic E-state index is 13.1. The number of thioether (sulfide) groups is 1. The van der Waals surface area contributed by atoms with Crippen LogP contribution in [0.4, 0.5) is 18.0 Å². The van der Waals surface area contributed by atoms with Gasteiger partial charge in [-0.15, -0.1) is 0 Å². The summed E-state index contributed by atoms with van der Waals surface area (Å²) in [6, 6.07) is 6.26. The molecule has 2 fully saturated rings. The average molecular weight is 633 g/mol. The van der Waals surface area contributed by atoms with Crippen molar-refractivity contribution >= 4 is 29.6 Å². The number of nitrogens with one attached hydrogen (secondary N) is 4. The zero-order valence-electron chi connectivity index (χ0n) is 25.7. The highest BCUT2D eigenvalue weighted by molar-refractivity contribution is 7.99. The molecule has 43 heavy (non-hydrogen) atoms. The summed E-state index contributed by atoms with van der Waals surface area (Å²) in [6.07, 6.45) is -2.14. The van der Waals surface area contributed by atoms with Gasteiger partial charge in [-0.25, -0.2) is 4.79 Å². The number of fused-ring (bicyclic) bond motifs is 1. The molecular formula is C29H47F3N6O4S. The van der Waals surface area contributed by atoms with Gasteiger partial charge in [0.1, 0.15) is 0 Å². The number of ether oxygens (including phenoxy) is 1. The van der Waals surface area contributed by atoms with Gasteiger partial charge in [0, 0.05) is 43.0 Å². The third kappa shape index (κ3) is 11.5. The normalized spacial score (nSPS) is 18.6.